The topological polar surface area (TPSA) is 70.6 Å². The van der Waals surface area contributed by atoms with Gasteiger partial charge in [0.2, 0.25) is 0 Å². The number of guanidine groups is 1. The highest BCUT2D eigenvalue weighted by Crippen LogP contribution is 2.16. The molecule has 0 fully saturated rings. The zero-order valence-electron chi connectivity index (χ0n) is 11.1. The van der Waals surface area contributed by atoms with Gasteiger partial charge in [0.25, 0.3) is 0 Å². The van der Waals surface area contributed by atoms with Crippen molar-refractivity contribution in [1.82, 2.24) is 10.6 Å². The summed E-state index contributed by atoms with van der Waals surface area (Å²) < 4.78 is 23.0. The van der Waals surface area contributed by atoms with E-state index in [1.807, 2.05) is 6.07 Å². The van der Waals surface area contributed by atoms with Crippen molar-refractivity contribution in [2.24, 2.45) is 4.99 Å². The van der Waals surface area contributed by atoms with Gasteiger partial charge in [-0.3, -0.25) is 4.99 Å². The summed E-state index contributed by atoms with van der Waals surface area (Å²) in [5.41, 5.74) is 1.77. The fraction of sp³-hybridized carbons (Fsp3) is 0.417. The van der Waals surface area contributed by atoms with E-state index in [0.717, 1.165) is 11.1 Å². The maximum absolute atomic E-state index is 11.5. The number of hydrogen-bond donors (Lipinski definition) is 2. The SMILES string of the molecule is CN=C(NC)NCc1ccc(S(C)(=O)=O)c(C)c1. The van der Waals surface area contributed by atoms with Gasteiger partial charge in [-0.05, 0) is 24.1 Å². The number of rotatable bonds is 3. The first-order chi connectivity index (χ1) is 8.38. The lowest BCUT2D eigenvalue weighted by Crippen LogP contribution is -2.34. The van der Waals surface area contributed by atoms with Crippen molar-refractivity contribution in [3.05, 3.63) is 29.3 Å². The molecule has 0 aromatic heterocycles. The molecular weight excluding hydrogens is 250 g/mol. The molecule has 18 heavy (non-hydrogen) atoms. The fourth-order valence-corrected chi connectivity index (χ4v) is 2.66. The van der Waals surface area contributed by atoms with Crippen LogP contribution in [0.3, 0.4) is 0 Å². The minimum absolute atomic E-state index is 0.379. The second-order valence-electron chi connectivity index (χ2n) is 4.05. The summed E-state index contributed by atoms with van der Waals surface area (Å²) in [6.07, 6.45) is 1.22. The average molecular weight is 269 g/mol. The van der Waals surface area contributed by atoms with E-state index in [1.54, 1.807) is 33.2 Å². The van der Waals surface area contributed by atoms with Crippen LogP contribution in [0, 0.1) is 6.92 Å². The number of nitrogens with zero attached hydrogens (tertiary/aromatic N) is 1. The smallest absolute Gasteiger partial charge is 0.190 e. The van der Waals surface area contributed by atoms with Crippen LogP contribution in [0.4, 0.5) is 0 Å². The second kappa shape index (κ2) is 5.86. The molecule has 5 nitrogen and oxygen atoms in total. The number of sulfone groups is 1. The van der Waals surface area contributed by atoms with E-state index in [9.17, 15) is 8.42 Å². The molecule has 100 valence electrons. The van der Waals surface area contributed by atoms with Crippen molar-refractivity contribution in [2.75, 3.05) is 20.4 Å². The van der Waals surface area contributed by atoms with Gasteiger partial charge in [0.1, 0.15) is 0 Å². The average Bonchev–Trinajstić information content (AvgIpc) is 2.28. The summed E-state index contributed by atoms with van der Waals surface area (Å²) >= 11 is 0. The fourth-order valence-electron chi connectivity index (χ4n) is 1.70. The largest absolute Gasteiger partial charge is 0.359 e. The first-order valence-corrected chi connectivity index (χ1v) is 7.45. The molecule has 0 aliphatic heterocycles. The van der Waals surface area contributed by atoms with Gasteiger partial charge < -0.3 is 10.6 Å². The normalized spacial score (nSPS) is 12.3. The number of aliphatic imine (C=N–C) groups is 1. The number of benzene rings is 1. The summed E-state index contributed by atoms with van der Waals surface area (Å²) in [5.74, 6) is 0.694. The van der Waals surface area contributed by atoms with Crippen LogP contribution in [-0.2, 0) is 16.4 Å². The lowest BCUT2D eigenvalue weighted by atomic mass is 10.1. The monoisotopic (exact) mass is 269 g/mol. The standard InChI is InChI=1S/C12H19N3O2S/c1-9-7-10(8-15-12(13-2)14-3)5-6-11(9)18(4,16)17/h5-7H,8H2,1-4H3,(H2,13,14,15). The molecule has 6 heteroatoms. The van der Waals surface area contributed by atoms with E-state index < -0.39 is 9.84 Å². The van der Waals surface area contributed by atoms with Crippen LogP contribution >= 0.6 is 0 Å². The molecule has 0 atom stereocenters. The van der Waals surface area contributed by atoms with Crippen molar-refractivity contribution < 1.29 is 8.42 Å². The van der Waals surface area contributed by atoms with Gasteiger partial charge in [0.15, 0.2) is 15.8 Å². The van der Waals surface area contributed by atoms with Crippen LogP contribution < -0.4 is 10.6 Å². The van der Waals surface area contributed by atoms with E-state index in [2.05, 4.69) is 15.6 Å². The summed E-state index contributed by atoms with van der Waals surface area (Å²) in [7, 11) is 0.329. The van der Waals surface area contributed by atoms with Crippen molar-refractivity contribution in [3.63, 3.8) is 0 Å². The van der Waals surface area contributed by atoms with Gasteiger partial charge >= 0.3 is 0 Å². The highest BCUT2D eigenvalue weighted by Gasteiger charge is 2.10. The van der Waals surface area contributed by atoms with Crippen LogP contribution in [0.25, 0.3) is 0 Å². The molecule has 0 amide bonds. The molecule has 1 aromatic carbocycles. The maximum atomic E-state index is 11.5. The molecule has 1 rings (SSSR count). The van der Waals surface area contributed by atoms with Gasteiger partial charge in [-0.1, -0.05) is 12.1 Å². The summed E-state index contributed by atoms with van der Waals surface area (Å²) in [4.78, 5) is 4.38. The van der Waals surface area contributed by atoms with E-state index in [1.165, 1.54) is 6.26 Å². The summed E-state index contributed by atoms with van der Waals surface area (Å²) in [5, 5.41) is 6.03. The number of nitrogens with one attached hydrogen (secondary N) is 2. The van der Waals surface area contributed by atoms with Crippen molar-refractivity contribution in [3.8, 4) is 0 Å². The van der Waals surface area contributed by atoms with Gasteiger partial charge in [0, 0.05) is 26.9 Å². The summed E-state index contributed by atoms with van der Waals surface area (Å²) in [6, 6.07) is 5.31. The van der Waals surface area contributed by atoms with Gasteiger partial charge in [-0.25, -0.2) is 8.42 Å². The quantitative estimate of drug-likeness (QED) is 0.626. The highest BCUT2D eigenvalue weighted by molar-refractivity contribution is 7.90. The molecule has 0 spiro atoms. The molecule has 0 unspecified atom stereocenters. The van der Waals surface area contributed by atoms with Crippen LogP contribution in [0.15, 0.2) is 28.1 Å². The predicted molar refractivity (Wildman–Crippen MR) is 73.5 cm³/mol. The zero-order chi connectivity index (χ0) is 13.8. The Balaban J connectivity index is 2.86. The number of hydrogen-bond acceptors (Lipinski definition) is 3. The van der Waals surface area contributed by atoms with Gasteiger partial charge in [-0.15, -0.1) is 0 Å². The Hall–Kier alpha value is -1.56. The molecule has 0 saturated carbocycles. The highest BCUT2D eigenvalue weighted by atomic mass is 32.2. The Morgan fingerprint density at radius 1 is 1.39 bits per heavy atom. The molecule has 0 bridgehead atoms. The van der Waals surface area contributed by atoms with Crippen LogP contribution in [0.5, 0.6) is 0 Å². The molecule has 0 aliphatic rings. The van der Waals surface area contributed by atoms with Crippen molar-refractivity contribution in [2.45, 2.75) is 18.4 Å². The Labute approximate surface area is 108 Å². The van der Waals surface area contributed by atoms with Crippen LogP contribution in [0.1, 0.15) is 11.1 Å². The zero-order valence-corrected chi connectivity index (χ0v) is 11.9. The summed E-state index contributed by atoms with van der Waals surface area (Å²) in [6.45, 7) is 2.39. The second-order valence-corrected chi connectivity index (χ2v) is 6.03. The molecule has 0 saturated heterocycles. The number of aryl methyl sites for hydroxylation is 1. The predicted octanol–water partition coefficient (Wildman–Crippen LogP) is 0.693. The minimum Gasteiger partial charge on any atom is -0.359 e. The molecule has 0 heterocycles. The Bertz CT molecular complexity index is 550. The van der Waals surface area contributed by atoms with E-state index in [4.69, 9.17) is 0 Å². The maximum Gasteiger partial charge on any atom is 0.190 e. The van der Waals surface area contributed by atoms with E-state index in [-0.39, 0.29) is 0 Å². The Kier molecular flexibility index (Phi) is 4.72. The minimum atomic E-state index is -3.15. The Morgan fingerprint density at radius 3 is 2.50 bits per heavy atom. The third-order valence-corrected chi connectivity index (χ3v) is 3.82. The molecule has 0 radical (unpaired) electrons. The van der Waals surface area contributed by atoms with Crippen LogP contribution in [-0.4, -0.2) is 34.7 Å². The lowest BCUT2D eigenvalue weighted by molar-refractivity contribution is 0.601. The third kappa shape index (κ3) is 3.73. The first kappa shape index (κ1) is 14.5. The van der Waals surface area contributed by atoms with E-state index >= 15 is 0 Å². The van der Waals surface area contributed by atoms with Gasteiger partial charge in [-0.2, -0.15) is 0 Å². The molecular formula is C12H19N3O2S. The van der Waals surface area contributed by atoms with Crippen molar-refractivity contribution >= 4 is 15.8 Å². The molecule has 1 aromatic rings. The Morgan fingerprint density at radius 2 is 2.06 bits per heavy atom. The first-order valence-electron chi connectivity index (χ1n) is 5.56. The van der Waals surface area contributed by atoms with E-state index in [0.29, 0.717) is 17.4 Å². The van der Waals surface area contributed by atoms with Crippen molar-refractivity contribution in [1.29, 1.82) is 0 Å². The molecule has 0 aliphatic carbocycles. The lowest BCUT2D eigenvalue weighted by Gasteiger charge is -2.10. The van der Waals surface area contributed by atoms with Crippen LogP contribution in [0.2, 0.25) is 0 Å². The molecule has 2 N–H and O–H groups in total. The third-order valence-electron chi connectivity index (χ3n) is 2.56. The van der Waals surface area contributed by atoms with Gasteiger partial charge in [0.05, 0.1) is 4.90 Å².